The molecule has 2 heteroatoms. The lowest BCUT2D eigenvalue weighted by Gasteiger charge is -2.11. The van der Waals surface area contributed by atoms with Gasteiger partial charge in [-0.1, -0.05) is 44.2 Å². The monoisotopic (exact) mass is 240 g/mol. The molecule has 1 aliphatic rings. The Morgan fingerprint density at radius 2 is 2.11 bits per heavy atom. The molecule has 92 valence electrons. The Morgan fingerprint density at radius 1 is 1.28 bits per heavy atom. The summed E-state index contributed by atoms with van der Waals surface area (Å²) in [7, 11) is 0. The molecule has 1 atom stereocenters. The van der Waals surface area contributed by atoms with Crippen LogP contribution in [0.1, 0.15) is 37.3 Å². The van der Waals surface area contributed by atoms with Gasteiger partial charge in [-0.3, -0.25) is 4.79 Å². The van der Waals surface area contributed by atoms with Gasteiger partial charge in [-0.15, -0.1) is 0 Å². The highest BCUT2D eigenvalue weighted by atomic mass is 16.5. The van der Waals surface area contributed by atoms with Crippen LogP contribution in [-0.4, -0.2) is 5.97 Å². The molecule has 0 N–H and O–H groups in total. The maximum absolute atomic E-state index is 11.3. The molecular formula is C16H16O2. The van der Waals surface area contributed by atoms with Crippen LogP contribution in [0.3, 0.4) is 0 Å². The molecule has 0 bridgehead atoms. The second-order valence-electron chi connectivity index (χ2n) is 4.99. The van der Waals surface area contributed by atoms with E-state index in [-0.39, 0.29) is 5.97 Å². The highest BCUT2D eigenvalue weighted by Crippen LogP contribution is 2.35. The summed E-state index contributed by atoms with van der Waals surface area (Å²) in [5.74, 6) is 1.17. The average molecular weight is 240 g/mol. The molecule has 0 spiro atoms. The minimum Gasteiger partial charge on any atom is -0.425 e. The van der Waals surface area contributed by atoms with Crippen LogP contribution >= 0.6 is 0 Å². The number of benzene rings is 2. The van der Waals surface area contributed by atoms with Crippen molar-refractivity contribution in [2.24, 2.45) is 0 Å². The second-order valence-corrected chi connectivity index (χ2v) is 4.99. The van der Waals surface area contributed by atoms with Crippen molar-refractivity contribution in [2.75, 3.05) is 0 Å². The Labute approximate surface area is 107 Å². The fourth-order valence-electron chi connectivity index (χ4n) is 2.47. The zero-order valence-corrected chi connectivity index (χ0v) is 10.7. The summed E-state index contributed by atoms with van der Waals surface area (Å²) in [5.41, 5.74) is 2.35. The molecule has 0 aromatic heterocycles. The predicted octanol–water partition coefficient (Wildman–Crippen LogP) is 3.81. The van der Waals surface area contributed by atoms with Crippen molar-refractivity contribution in [2.45, 2.75) is 32.6 Å². The number of esters is 1. The number of hydrogen-bond acceptors (Lipinski definition) is 2. The normalized spacial score (nSPS) is 15.6. The third kappa shape index (κ3) is 1.69. The van der Waals surface area contributed by atoms with Crippen LogP contribution in [-0.2, 0) is 11.2 Å². The zero-order chi connectivity index (χ0) is 12.7. The highest BCUT2D eigenvalue weighted by Gasteiger charge is 2.22. The van der Waals surface area contributed by atoms with E-state index in [1.807, 2.05) is 6.07 Å². The molecular weight excluding hydrogens is 224 g/mol. The van der Waals surface area contributed by atoms with Crippen LogP contribution in [0.2, 0.25) is 0 Å². The summed E-state index contributed by atoms with van der Waals surface area (Å²) in [6, 6.07) is 10.5. The van der Waals surface area contributed by atoms with Gasteiger partial charge in [0.15, 0.2) is 0 Å². The summed E-state index contributed by atoms with van der Waals surface area (Å²) in [6.45, 7) is 4.42. The van der Waals surface area contributed by atoms with Gasteiger partial charge in [-0.2, -0.15) is 0 Å². The standard InChI is InChI=1S/C16H16O2/c1-3-10(2)11-6-7-14-12(8-11)4-5-13-9-15(17)18-16(13)14/h4-8,10H,3,9H2,1-2H3. The van der Waals surface area contributed by atoms with E-state index in [4.69, 9.17) is 4.74 Å². The minimum absolute atomic E-state index is 0.150. The molecule has 0 amide bonds. The maximum atomic E-state index is 11.3. The van der Waals surface area contributed by atoms with E-state index >= 15 is 0 Å². The van der Waals surface area contributed by atoms with Gasteiger partial charge in [0.05, 0.1) is 6.42 Å². The fraction of sp³-hybridized carbons (Fsp3) is 0.312. The summed E-state index contributed by atoms with van der Waals surface area (Å²) >= 11 is 0. The molecule has 0 saturated carbocycles. The molecule has 0 saturated heterocycles. The first-order valence-electron chi connectivity index (χ1n) is 6.45. The van der Waals surface area contributed by atoms with E-state index in [0.29, 0.717) is 12.3 Å². The second kappa shape index (κ2) is 4.13. The zero-order valence-electron chi connectivity index (χ0n) is 10.7. The minimum atomic E-state index is -0.150. The number of hydrogen-bond donors (Lipinski definition) is 0. The number of fused-ring (bicyclic) bond motifs is 3. The summed E-state index contributed by atoms with van der Waals surface area (Å²) in [4.78, 5) is 11.3. The van der Waals surface area contributed by atoms with E-state index in [0.717, 1.165) is 28.5 Å². The molecule has 1 unspecified atom stereocenters. The predicted molar refractivity (Wildman–Crippen MR) is 72.0 cm³/mol. The largest absolute Gasteiger partial charge is 0.425 e. The Kier molecular flexibility index (Phi) is 2.58. The lowest BCUT2D eigenvalue weighted by molar-refractivity contribution is -0.131. The molecule has 3 rings (SSSR count). The lowest BCUT2D eigenvalue weighted by Crippen LogP contribution is -2.00. The third-order valence-corrected chi connectivity index (χ3v) is 3.81. The van der Waals surface area contributed by atoms with E-state index in [1.54, 1.807) is 0 Å². The molecule has 0 radical (unpaired) electrons. The Bertz CT molecular complexity index is 628. The molecule has 2 aromatic rings. The van der Waals surface area contributed by atoms with Crippen LogP contribution in [0.15, 0.2) is 30.3 Å². The van der Waals surface area contributed by atoms with Gasteiger partial charge >= 0.3 is 5.97 Å². The van der Waals surface area contributed by atoms with Crippen LogP contribution in [0.5, 0.6) is 5.75 Å². The molecule has 1 heterocycles. The van der Waals surface area contributed by atoms with Gasteiger partial charge in [0, 0.05) is 10.9 Å². The molecule has 18 heavy (non-hydrogen) atoms. The Hall–Kier alpha value is -1.83. The van der Waals surface area contributed by atoms with Crippen LogP contribution in [0, 0.1) is 0 Å². The van der Waals surface area contributed by atoms with Crippen LogP contribution < -0.4 is 4.74 Å². The first-order chi connectivity index (χ1) is 8.69. The third-order valence-electron chi connectivity index (χ3n) is 3.81. The topological polar surface area (TPSA) is 26.3 Å². The van der Waals surface area contributed by atoms with Crippen molar-refractivity contribution in [3.63, 3.8) is 0 Å². The van der Waals surface area contributed by atoms with Crippen molar-refractivity contribution in [1.29, 1.82) is 0 Å². The first kappa shape index (κ1) is 11.3. The molecule has 2 aromatic carbocycles. The van der Waals surface area contributed by atoms with Gasteiger partial charge in [-0.25, -0.2) is 0 Å². The Balaban J connectivity index is 2.16. The van der Waals surface area contributed by atoms with Crippen molar-refractivity contribution < 1.29 is 9.53 Å². The quantitative estimate of drug-likeness (QED) is 0.589. The van der Waals surface area contributed by atoms with E-state index in [1.165, 1.54) is 5.56 Å². The van der Waals surface area contributed by atoms with Gasteiger partial charge in [0.2, 0.25) is 0 Å². The summed E-state index contributed by atoms with van der Waals surface area (Å²) in [6.07, 6.45) is 1.53. The van der Waals surface area contributed by atoms with E-state index in [2.05, 4.69) is 38.1 Å². The van der Waals surface area contributed by atoms with Gasteiger partial charge < -0.3 is 4.74 Å². The lowest BCUT2D eigenvalue weighted by atomic mass is 9.95. The van der Waals surface area contributed by atoms with Crippen molar-refractivity contribution in [1.82, 2.24) is 0 Å². The van der Waals surface area contributed by atoms with Crippen LogP contribution in [0.25, 0.3) is 10.8 Å². The number of carbonyl (C=O) groups excluding carboxylic acids is 1. The number of carbonyl (C=O) groups is 1. The summed E-state index contributed by atoms with van der Waals surface area (Å²) in [5, 5.41) is 2.20. The number of ether oxygens (including phenoxy) is 1. The van der Waals surface area contributed by atoms with Crippen molar-refractivity contribution in [3.05, 3.63) is 41.5 Å². The average Bonchev–Trinajstić information content (AvgIpc) is 2.77. The van der Waals surface area contributed by atoms with E-state index < -0.39 is 0 Å². The highest BCUT2D eigenvalue weighted by molar-refractivity contribution is 5.96. The van der Waals surface area contributed by atoms with Gasteiger partial charge in [-0.05, 0) is 23.3 Å². The molecule has 0 fully saturated rings. The maximum Gasteiger partial charge on any atom is 0.315 e. The Morgan fingerprint density at radius 3 is 2.89 bits per heavy atom. The smallest absolute Gasteiger partial charge is 0.315 e. The van der Waals surface area contributed by atoms with Crippen LogP contribution in [0.4, 0.5) is 0 Å². The molecule has 2 nitrogen and oxygen atoms in total. The number of rotatable bonds is 2. The van der Waals surface area contributed by atoms with E-state index in [9.17, 15) is 4.79 Å². The van der Waals surface area contributed by atoms with Gasteiger partial charge in [0.1, 0.15) is 5.75 Å². The molecule has 1 aliphatic heterocycles. The molecule has 0 aliphatic carbocycles. The van der Waals surface area contributed by atoms with Gasteiger partial charge in [0.25, 0.3) is 0 Å². The fourth-order valence-corrected chi connectivity index (χ4v) is 2.47. The van der Waals surface area contributed by atoms with Crippen molar-refractivity contribution >= 4 is 16.7 Å². The SMILES string of the molecule is CCC(C)c1ccc2c3c(ccc2c1)CC(=O)O3. The van der Waals surface area contributed by atoms with Crippen molar-refractivity contribution in [3.8, 4) is 5.75 Å². The summed E-state index contributed by atoms with van der Waals surface area (Å²) < 4.78 is 5.31. The first-order valence-corrected chi connectivity index (χ1v) is 6.45.